The van der Waals surface area contributed by atoms with E-state index in [1.807, 2.05) is 19.1 Å². The summed E-state index contributed by atoms with van der Waals surface area (Å²) >= 11 is 1.47. The number of nitrogens with one attached hydrogen (secondary N) is 1. The van der Waals surface area contributed by atoms with E-state index in [1.165, 1.54) is 11.3 Å². The molecule has 0 unspecified atom stereocenters. The largest absolute Gasteiger partial charge is 0.369 e. The van der Waals surface area contributed by atoms with Crippen molar-refractivity contribution in [2.75, 3.05) is 5.73 Å². The maximum absolute atomic E-state index is 11.9. The van der Waals surface area contributed by atoms with Crippen LogP contribution in [0, 0.1) is 6.92 Å². The summed E-state index contributed by atoms with van der Waals surface area (Å²) < 4.78 is 0. The van der Waals surface area contributed by atoms with Crippen molar-refractivity contribution < 1.29 is 0 Å². The van der Waals surface area contributed by atoms with Gasteiger partial charge in [0.1, 0.15) is 4.83 Å². The quantitative estimate of drug-likeness (QED) is 0.698. The Bertz CT molecular complexity index is 776. The summed E-state index contributed by atoms with van der Waals surface area (Å²) in [6, 6.07) is 3.82. The van der Waals surface area contributed by atoms with Gasteiger partial charge in [-0.15, -0.1) is 11.3 Å². The van der Waals surface area contributed by atoms with Crippen molar-refractivity contribution in [3.8, 4) is 10.4 Å². The summed E-state index contributed by atoms with van der Waals surface area (Å²) in [7, 11) is 0. The zero-order valence-electron chi connectivity index (χ0n) is 9.60. The standard InChI is InChI=1S/C12H10N4OS/c1-6-8-10(17)15-12(13)16-11(8)18-9(6)7-2-4-14-5-3-7/h2-5H,1H3,(H3,13,15,16,17). The topological polar surface area (TPSA) is 84.7 Å². The maximum Gasteiger partial charge on any atom is 0.261 e. The smallest absolute Gasteiger partial charge is 0.261 e. The molecular weight excluding hydrogens is 248 g/mol. The fourth-order valence-electron chi connectivity index (χ4n) is 1.94. The molecule has 0 spiro atoms. The third-order valence-corrected chi connectivity index (χ3v) is 4.00. The van der Waals surface area contributed by atoms with Crippen molar-refractivity contribution in [3.05, 3.63) is 40.4 Å². The normalized spacial score (nSPS) is 10.9. The lowest BCUT2D eigenvalue weighted by atomic mass is 10.1. The van der Waals surface area contributed by atoms with Gasteiger partial charge in [-0.25, -0.2) is 4.98 Å². The zero-order chi connectivity index (χ0) is 12.7. The molecule has 0 amide bonds. The molecular formula is C12H10N4OS. The van der Waals surface area contributed by atoms with E-state index >= 15 is 0 Å². The van der Waals surface area contributed by atoms with Crippen LogP contribution in [0.15, 0.2) is 29.3 Å². The minimum atomic E-state index is -0.188. The van der Waals surface area contributed by atoms with Gasteiger partial charge in [0.25, 0.3) is 5.56 Å². The van der Waals surface area contributed by atoms with Gasteiger partial charge >= 0.3 is 0 Å². The number of aromatic amines is 1. The number of aromatic nitrogens is 3. The van der Waals surface area contributed by atoms with Crippen molar-refractivity contribution in [2.24, 2.45) is 0 Å². The van der Waals surface area contributed by atoms with Crippen LogP contribution in [0.25, 0.3) is 20.7 Å². The molecule has 0 atom stereocenters. The van der Waals surface area contributed by atoms with Gasteiger partial charge in [0, 0.05) is 17.3 Å². The van der Waals surface area contributed by atoms with Crippen LogP contribution in [0.4, 0.5) is 5.95 Å². The van der Waals surface area contributed by atoms with Gasteiger partial charge in [-0.05, 0) is 30.2 Å². The van der Waals surface area contributed by atoms with Crippen LogP contribution in [0.1, 0.15) is 5.56 Å². The molecule has 5 nitrogen and oxygen atoms in total. The molecule has 6 heteroatoms. The fourth-order valence-corrected chi connectivity index (χ4v) is 3.13. The first-order chi connectivity index (χ1) is 8.66. The Morgan fingerprint density at radius 2 is 2.06 bits per heavy atom. The van der Waals surface area contributed by atoms with E-state index in [9.17, 15) is 4.79 Å². The number of pyridine rings is 1. The number of nitrogens with zero attached hydrogens (tertiary/aromatic N) is 2. The average Bonchev–Trinajstić information content (AvgIpc) is 2.67. The molecule has 0 bridgehead atoms. The Morgan fingerprint density at radius 1 is 1.33 bits per heavy atom. The van der Waals surface area contributed by atoms with Gasteiger partial charge in [0.2, 0.25) is 5.95 Å². The van der Waals surface area contributed by atoms with Crippen LogP contribution >= 0.6 is 11.3 Å². The molecule has 0 saturated carbocycles. The zero-order valence-corrected chi connectivity index (χ0v) is 10.4. The Hall–Kier alpha value is -2.21. The van der Waals surface area contributed by atoms with Crippen molar-refractivity contribution in [2.45, 2.75) is 6.92 Å². The van der Waals surface area contributed by atoms with E-state index in [4.69, 9.17) is 5.73 Å². The van der Waals surface area contributed by atoms with Crippen LogP contribution in [-0.2, 0) is 0 Å². The van der Waals surface area contributed by atoms with Crippen molar-refractivity contribution in [1.29, 1.82) is 0 Å². The summed E-state index contributed by atoms with van der Waals surface area (Å²) in [5, 5.41) is 0.612. The Morgan fingerprint density at radius 3 is 2.78 bits per heavy atom. The van der Waals surface area contributed by atoms with Gasteiger partial charge in [0.15, 0.2) is 0 Å². The third-order valence-electron chi connectivity index (χ3n) is 2.76. The van der Waals surface area contributed by atoms with Gasteiger partial charge < -0.3 is 5.73 Å². The number of nitrogen functional groups attached to an aromatic ring is 1. The molecule has 90 valence electrons. The monoisotopic (exact) mass is 258 g/mol. The van der Waals surface area contributed by atoms with Crippen molar-refractivity contribution in [1.82, 2.24) is 15.0 Å². The molecule has 3 heterocycles. The average molecular weight is 258 g/mol. The van der Waals surface area contributed by atoms with E-state index in [1.54, 1.807) is 12.4 Å². The lowest BCUT2D eigenvalue weighted by Gasteiger charge is -1.97. The predicted octanol–water partition coefficient (Wildman–Crippen LogP) is 1.94. The van der Waals surface area contributed by atoms with E-state index in [0.29, 0.717) is 10.2 Å². The van der Waals surface area contributed by atoms with E-state index in [2.05, 4.69) is 15.0 Å². The summed E-state index contributed by atoms with van der Waals surface area (Å²) in [4.78, 5) is 24.3. The SMILES string of the molecule is Cc1c(-c2ccncc2)sc2nc(N)[nH]c(=O)c12. The van der Waals surface area contributed by atoms with Crippen LogP contribution in [0.3, 0.4) is 0 Å². The van der Waals surface area contributed by atoms with Gasteiger partial charge in [0.05, 0.1) is 5.39 Å². The number of H-pyrrole nitrogens is 1. The number of hydrogen-bond donors (Lipinski definition) is 2. The summed E-state index contributed by atoms with van der Waals surface area (Å²) in [5.41, 5.74) is 7.32. The number of thiophene rings is 1. The minimum Gasteiger partial charge on any atom is -0.369 e. The van der Waals surface area contributed by atoms with E-state index < -0.39 is 0 Å². The number of aryl methyl sites for hydroxylation is 1. The Balaban J connectivity index is 2.37. The minimum absolute atomic E-state index is 0.148. The van der Waals surface area contributed by atoms with Crippen LogP contribution in [0.2, 0.25) is 0 Å². The molecule has 3 aromatic heterocycles. The summed E-state index contributed by atoms with van der Waals surface area (Å²) in [5.74, 6) is 0.148. The van der Waals surface area contributed by atoms with E-state index in [0.717, 1.165) is 16.0 Å². The number of hydrogen-bond acceptors (Lipinski definition) is 5. The summed E-state index contributed by atoms with van der Waals surface area (Å²) in [6.07, 6.45) is 3.45. The highest BCUT2D eigenvalue weighted by Crippen LogP contribution is 2.35. The lowest BCUT2D eigenvalue weighted by molar-refractivity contribution is 1.19. The van der Waals surface area contributed by atoms with Gasteiger partial charge in [-0.2, -0.15) is 0 Å². The molecule has 0 aromatic carbocycles. The van der Waals surface area contributed by atoms with Crippen molar-refractivity contribution in [3.63, 3.8) is 0 Å². The number of fused-ring (bicyclic) bond motifs is 1. The molecule has 0 aliphatic rings. The number of nitrogens with two attached hydrogens (primary N) is 1. The predicted molar refractivity (Wildman–Crippen MR) is 72.6 cm³/mol. The highest BCUT2D eigenvalue weighted by molar-refractivity contribution is 7.22. The third kappa shape index (κ3) is 1.58. The molecule has 0 radical (unpaired) electrons. The first-order valence-corrected chi connectivity index (χ1v) is 6.18. The highest BCUT2D eigenvalue weighted by atomic mass is 32.1. The molecule has 0 saturated heterocycles. The Labute approximate surface area is 106 Å². The summed E-state index contributed by atoms with van der Waals surface area (Å²) in [6.45, 7) is 1.92. The maximum atomic E-state index is 11.9. The molecule has 0 aliphatic heterocycles. The van der Waals surface area contributed by atoms with Crippen LogP contribution in [0.5, 0.6) is 0 Å². The molecule has 0 aliphatic carbocycles. The molecule has 0 fully saturated rings. The highest BCUT2D eigenvalue weighted by Gasteiger charge is 2.14. The molecule has 3 N–H and O–H groups in total. The second-order valence-corrected chi connectivity index (χ2v) is 4.92. The number of rotatable bonds is 1. The van der Waals surface area contributed by atoms with Crippen molar-refractivity contribution >= 4 is 27.5 Å². The lowest BCUT2D eigenvalue weighted by Crippen LogP contribution is -2.10. The first kappa shape index (κ1) is 10.9. The molecule has 18 heavy (non-hydrogen) atoms. The number of anilines is 1. The van der Waals surface area contributed by atoms with Gasteiger partial charge in [-0.3, -0.25) is 14.8 Å². The fraction of sp³-hybridized carbons (Fsp3) is 0.0833. The second kappa shape index (κ2) is 3.92. The van der Waals surface area contributed by atoms with Crippen LogP contribution < -0.4 is 11.3 Å². The Kier molecular flexibility index (Phi) is 2.38. The molecule has 3 rings (SSSR count). The molecule has 3 aromatic rings. The second-order valence-electron chi connectivity index (χ2n) is 3.92. The van der Waals surface area contributed by atoms with E-state index in [-0.39, 0.29) is 11.5 Å². The van der Waals surface area contributed by atoms with Crippen LogP contribution in [-0.4, -0.2) is 15.0 Å². The van der Waals surface area contributed by atoms with Gasteiger partial charge in [-0.1, -0.05) is 0 Å². The first-order valence-electron chi connectivity index (χ1n) is 5.36.